The molecule has 4 nitrogen and oxygen atoms in total. The van der Waals surface area contributed by atoms with Crippen molar-refractivity contribution in [1.82, 2.24) is 19.7 Å². The molecule has 0 unspecified atom stereocenters. The van der Waals surface area contributed by atoms with Gasteiger partial charge < -0.3 is 9.88 Å². The second kappa shape index (κ2) is 4.55. The largest absolute Gasteiger partial charge is 0.350 e. The molecule has 2 heterocycles. The summed E-state index contributed by atoms with van der Waals surface area (Å²) in [6.45, 7) is 0.790. The van der Waals surface area contributed by atoms with Crippen LogP contribution in [0.3, 0.4) is 0 Å². The van der Waals surface area contributed by atoms with Crippen LogP contribution in [0.2, 0.25) is 0 Å². The molecule has 0 radical (unpaired) electrons. The summed E-state index contributed by atoms with van der Waals surface area (Å²) in [6.07, 6.45) is 2.17. The smallest absolute Gasteiger partial charge is 0.0768 e. The van der Waals surface area contributed by atoms with E-state index in [1.807, 2.05) is 18.8 Å². The molecule has 0 aliphatic carbocycles. The Kier molecular flexibility index (Phi) is 2.87. The fourth-order valence-corrected chi connectivity index (χ4v) is 2.59. The second-order valence-electron chi connectivity index (χ2n) is 4.85. The van der Waals surface area contributed by atoms with Crippen LogP contribution in [0.25, 0.3) is 22.2 Å². The topological polar surface area (TPSA) is 34.8 Å². The molecular formula is C15H18N4. The van der Waals surface area contributed by atoms with Crippen LogP contribution >= 0.6 is 0 Å². The Balaban J connectivity index is 2.19. The Labute approximate surface area is 112 Å². The van der Waals surface area contributed by atoms with E-state index in [-0.39, 0.29) is 0 Å². The molecule has 1 aromatic carbocycles. The minimum Gasteiger partial charge on any atom is -0.350 e. The lowest BCUT2D eigenvalue weighted by atomic mass is 10.1. The van der Waals surface area contributed by atoms with E-state index in [1.54, 1.807) is 0 Å². The highest BCUT2D eigenvalue weighted by atomic mass is 15.3. The second-order valence-corrected chi connectivity index (χ2v) is 4.85. The molecule has 0 saturated carbocycles. The molecule has 98 valence electrons. The zero-order valence-electron chi connectivity index (χ0n) is 11.5. The van der Waals surface area contributed by atoms with Gasteiger partial charge in [-0.25, -0.2) is 0 Å². The van der Waals surface area contributed by atoms with E-state index in [1.165, 1.54) is 16.5 Å². The molecule has 1 N–H and O–H groups in total. The Morgan fingerprint density at radius 2 is 2.00 bits per heavy atom. The molecule has 0 bridgehead atoms. The van der Waals surface area contributed by atoms with Gasteiger partial charge in [0.2, 0.25) is 0 Å². The number of rotatable bonds is 3. The fourth-order valence-electron chi connectivity index (χ4n) is 2.59. The van der Waals surface area contributed by atoms with Crippen LogP contribution in [-0.4, -0.2) is 21.4 Å². The zero-order valence-corrected chi connectivity index (χ0v) is 11.5. The number of nitrogens with zero attached hydrogens (tertiary/aromatic N) is 3. The zero-order chi connectivity index (χ0) is 13.4. The lowest BCUT2D eigenvalue weighted by Gasteiger charge is -1.99. The number of fused-ring (bicyclic) bond motifs is 1. The number of aromatic nitrogens is 3. The normalized spacial score (nSPS) is 11.3. The van der Waals surface area contributed by atoms with Crippen molar-refractivity contribution in [3.63, 3.8) is 0 Å². The maximum atomic E-state index is 4.54. The summed E-state index contributed by atoms with van der Waals surface area (Å²) in [5.41, 5.74) is 4.69. The van der Waals surface area contributed by atoms with E-state index < -0.39 is 0 Å². The molecular weight excluding hydrogens is 236 g/mol. The van der Waals surface area contributed by atoms with Crippen molar-refractivity contribution < 1.29 is 0 Å². The van der Waals surface area contributed by atoms with Gasteiger partial charge in [-0.05, 0) is 19.2 Å². The van der Waals surface area contributed by atoms with E-state index in [9.17, 15) is 0 Å². The Morgan fingerprint density at radius 3 is 2.79 bits per heavy atom. The number of benzene rings is 1. The van der Waals surface area contributed by atoms with Crippen molar-refractivity contribution in [2.75, 3.05) is 7.05 Å². The third-order valence-corrected chi connectivity index (χ3v) is 3.46. The average molecular weight is 254 g/mol. The van der Waals surface area contributed by atoms with E-state index >= 15 is 0 Å². The van der Waals surface area contributed by atoms with E-state index in [0.717, 1.165) is 17.9 Å². The molecule has 0 aliphatic rings. The quantitative estimate of drug-likeness (QED) is 0.778. The van der Waals surface area contributed by atoms with Gasteiger partial charge in [-0.15, -0.1) is 0 Å². The number of para-hydroxylation sites is 1. The molecule has 19 heavy (non-hydrogen) atoms. The van der Waals surface area contributed by atoms with Crippen LogP contribution in [0.1, 0.15) is 5.69 Å². The van der Waals surface area contributed by atoms with Crippen LogP contribution in [0.4, 0.5) is 0 Å². The summed E-state index contributed by atoms with van der Waals surface area (Å²) in [4.78, 5) is 0. The van der Waals surface area contributed by atoms with Crippen molar-refractivity contribution >= 4 is 10.9 Å². The SMILES string of the molecule is CNCc1cc(-c2cn(C)c3ccccc23)n(C)n1. The highest BCUT2D eigenvalue weighted by molar-refractivity contribution is 5.95. The first-order valence-corrected chi connectivity index (χ1v) is 6.42. The lowest BCUT2D eigenvalue weighted by Crippen LogP contribution is -2.05. The molecule has 3 rings (SSSR count). The summed E-state index contributed by atoms with van der Waals surface area (Å²) >= 11 is 0. The molecule has 0 fully saturated rings. The maximum Gasteiger partial charge on any atom is 0.0768 e. The van der Waals surface area contributed by atoms with E-state index in [2.05, 4.69) is 58.6 Å². The van der Waals surface area contributed by atoms with Gasteiger partial charge in [0.05, 0.1) is 11.4 Å². The first kappa shape index (κ1) is 12.0. The van der Waals surface area contributed by atoms with Crippen molar-refractivity contribution in [2.24, 2.45) is 14.1 Å². The summed E-state index contributed by atoms with van der Waals surface area (Å²) in [5, 5.41) is 8.94. The lowest BCUT2D eigenvalue weighted by molar-refractivity contribution is 0.716. The number of hydrogen-bond acceptors (Lipinski definition) is 2. The van der Waals surface area contributed by atoms with Crippen molar-refractivity contribution in [2.45, 2.75) is 6.54 Å². The number of hydrogen-bond donors (Lipinski definition) is 1. The van der Waals surface area contributed by atoms with Gasteiger partial charge in [0, 0.05) is 43.3 Å². The van der Waals surface area contributed by atoms with Gasteiger partial charge in [0.1, 0.15) is 0 Å². The number of nitrogens with one attached hydrogen (secondary N) is 1. The summed E-state index contributed by atoms with van der Waals surface area (Å²) in [7, 11) is 6.01. The monoisotopic (exact) mass is 254 g/mol. The van der Waals surface area contributed by atoms with Crippen LogP contribution in [0, 0.1) is 0 Å². The summed E-state index contributed by atoms with van der Waals surface area (Å²) < 4.78 is 4.11. The predicted molar refractivity (Wildman–Crippen MR) is 77.9 cm³/mol. The Morgan fingerprint density at radius 1 is 1.21 bits per heavy atom. The third kappa shape index (κ3) is 1.94. The molecule has 0 aliphatic heterocycles. The highest BCUT2D eigenvalue weighted by Gasteiger charge is 2.12. The molecule has 0 saturated heterocycles. The van der Waals surface area contributed by atoms with Gasteiger partial charge in [-0.2, -0.15) is 5.10 Å². The fraction of sp³-hybridized carbons (Fsp3) is 0.267. The van der Waals surface area contributed by atoms with Crippen molar-refractivity contribution in [3.8, 4) is 11.3 Å². The molecule has 4 heteroatoms. The van der Waals surface area contributed by atoms with Crippen LogP contribution in [0.15, 0.2) is 36.5 Å². The molecule has 0 spiro atoms. The summed E-state index contributed by atoms with van der Waals surface area (Å²) in [5.74, 6) is 0. The molecule has 2 aromatic heterocycles. The highest BCUT2D eigenvalue weighted by Crippen LogP contribution is 2.30. The molecule has 3 aromatic rings. The van der Waals surface area contributed by atoms with Crippen molar-refractivity contribution in [3.05, 3.63) is 42.2 Å². The van der Waals surface area contributed by atoms with Gasteiger partial charge in [-0.1, -0.05) is 18.2 Å². The van der Waals surface area contributed by atoms with Crippen LogP contribution in [-0.2, 0) is 20.6 Å². The first-order valence-electron chi connectivity index (χ1n) is 6.42. The van der Waals surface area contributed by atoms with Crippen LogP contribution < -0.4 is 5.32 Å². The van der Waals surface area contributed by atoms with E-state index in [0.29, 0.717) is 0 Å². The predicted octanol–water partition coefficient (Wildman–Crippen LogP) is 2.30. The maximum absolute atomic E-state index is 4.54. The van der Waals surface area contributed by atoms with Gasteiger partial charge in [-0.3, -0.25) is 4.68 Å². The Bertz CT molecular complexity index is 721. The van der Waals surface area contributed by atoms with Gasteiger partial charge in [0.15, 0.2) is 0 Å². The first-order chi connectivity index (χ1) is 9.20. The van der Waals surface area contributed by atoms with Crippen LogP contribution in [0.5, 0.6) is 0 Å². The minimum absolute atomic E-state index is 0.790. The average Bonchev–Trinajstić information content (AvgIpc) is 2.92. The molecule has 0 amide bonds. The van der Waals surface area contributed by atoms with Gasteiger partial charge in [0.25, 0.3) is 0 Å². The Hall–Kier alpha value is -2.07. The third-order valence-electron chi connectivity index (χ3n) is 3.46. The van der Waals surface area contributed by atoms with Gasteiger partial charge >= 0.3 is 0 Å². The van der Waals surface area contributed by atoms with Crippen molar-refractivity contribution in [1.29, 1.82) is 0 Å². The van der Waals surface area contributed by atoms with E-state index in [4.69, 9.17) is 0 Å². The number of aryl methyl sites for hydroxylation is 2. The minimum atomic E-state index is 0.790. The standard InChI is InChI=1S/C15H18N4/c1-16-9-11-8-15(19(3)17-11)13-10-18(2)14-7-5-4-6-12(13)14/h4-8,10,16H,9H2,1-3H3. The summed E-state index contributed by atoms with van der Waals surface area (Å²) in [6, 6.07) is 10.6. The molecule has 0 atom stereocenters.